The van der Waals surface area contributed by atoms with E-state index in [1.54, 1.807) is 18.2 Å². The molecule has 22 heavy (non-hydrogen) atoms. The molecule has 0 aromatic heterocycles. The van der Waals surface area contributed by atoms with Gasteiger partial charge in [-0.25, -0.2) is 0 Å². The minimum absolute atomic E-state index is 0. The molecule has 8 heteroatoms. The van der Waals surface area contributed by atoms with Crippen LogP contribution in [0, 0.1) is 6.92 Å². The topological polar surface area (TPSA) is 75.8 Å². The number of unbranched alkanes of at least 4 members (excludes halogenated alkanes) is 1. The predicted molar refractivity (Wildman–Crippen MR) is 88.7 cm³/mol. The van der Waals surface area contributed by atoms with Crippen molar-refractivity contribution in [1.82, 2.24) is 5.32 Å². The van der Waals surface area contributed by atoms with Crippen LogP contribution in [0.4, 0.5) is 0 Å². The molecule has 0 spiro atoms. The van der Waals surface area contributed by atoms with Gasteiger partial charge in [0.2, 0.25) is 0 Å². The summed E-state index contributed by atoms with van der Waals surface area (Å²) in [6, 6.07) is 5.07. The Morgan fingerprint density at radius 3 is 2.59 bits per heavy atom. The quantitative estimate of drug-likeness (QED) is 0.311. The van der Waals surface area contributed by atoms with Gasteiger partial charge in [0.15, 0.2) is 0 Å². The third-order valence-electron chi connectivity index (χ3n) is 2.50. The van der Waals surface area contributed by atoms with Gasteiger partial charge in [0, 0.05) is 17.1 Å². The minimum Gasteiger partial charge on any atom is -0.569 e. The molecule has 1 rings (SSSR count). The zero-order valence-corrected chi connectivity index (χ0v) is 17.4. The first kappa shape index (κ1) is 24.8. The fraction of sp³-hybridized carbons (Fsp3) is 0.429. The van der Waals surface area contributed by atoms with Crippen molar-refractivity contribution < 1.29 is 66.3 Å². The van der Waals surface area contributed by atoms with Gasteiger partial charge in [0.1, 0.15) is 0 Å². The Morgan fingerprint density at radius 2 is 2.09 bits per heavy atom. The third-order valence-corrected chi connectivity index (χ3v) is 2.82. The van der Waals surface area contributed by atoms with Gasteiger partial charge in [-0.05, 0) is 45.0 Å². The molecule has 1 aromatic rings. The standard InChI is InChI=1S/C7H8BClO2.C7H15N2O.K/c1-5-2-3-6(8(10)11)7(9)4-5;1-3-9-10-7-5-4-6-8-2;/h2-4,10-11H,1H3;3,8H,1,4-7H2,2H3;/q;-1;+1. The van der Waals surface area contributed by atoms with E-state index < -0.39 is 7.12 Å². The molecule has 0 aliphatic carbocycles. The summed E-state index contributed by atoms with van der Waals surface area (Å²) in [5.74, 6) is 0. The number of nitrogens with one attached hydrogen (secondary N) is 1. The molecule has 0 aliphatic rings. The number of rotatable bonds is 8. The number of halogens is 1. The number of hydrogen-bond acceptors (Lipinski definition) is 4. The zero-order valence-electron chi connectivity index (χ0n) is 13.6. The molecule has 0 bridgehead atoms. The molecular formula is C14H23BClKN2O3. The molecular weight excluding hydrogens is 330 g/mol. The molecule has 0 saturated carbocycles. The van der Waals surface area contributed by atoms with E-state index in [2.05, 4.69) is 17.4 Å². The van der Waals surface area contributed by atoms with Gasteiger partial charge in [-0.15, -0.1) is 6.58 Å². The average molecular weight is 353 g/mol. The van der Waals surface area contributed by atoms with Gasteiger partial charge in [-0.1, -0.05) is 23.7 Å². The molecule has 0 aliphatic heterocycles. The number of benzene rings is 1. The fourth-order valence-corrected chi connectivity index (χ4v) is 1.75. The third kappa shape index (κ3) is 13.1. The summed E-state index contributed by atoms with van der Waals surface area (Å²) in [7, 11) is 0.456. The van der Waals surface area contributed by atoms with Gasteiger partial charge in [-0.2, -0.15) is 6.20 Å². The molecule has 0 heterocycles. The maximum absolute atomic E-state index is 8.77. The van der Waals surface area contributed by atoms with E-state index in [1.165, 1.54) is 6.20 Å². The Kier molecular flexibility index (Phi) is 18.6. The molecule has 0 fully saturated rings. The number of aryl methyl sites for hydroxylation is 1. The van der Waals surface area contributed by atoms with Gasteiger partial charge in [0.25, 0.3) is 0 Å². The largest absolute Gasteiger partial charge is 1.00 e. The molecule has 3 N–H and O–H groups in total. The zero-order chi connectivity index (χ0) is 16.1. The minimum atomic E-state index is -1.48. The Bertz CT molecular complexity index is 412. The molecule has 0 unspecified atom stereocenters. The summed E-state index contributed by atoms with van der Waals surface area (Å²) in [5.41, 5.74) is 4.86. The summed E-state index contributed by atoms with van der Waals surface area (Å²) >= 11 is 5.70. The van der Waals surface area contributed by atoms with E-state index in [1.807, 2.05) is 14.0 Å². The Hall–Kier alpha value is 0.591. The summed E-state index contributed by atoms with van der Waals surface area (Å²) in [4.78, 5) is 4.81. The molecule has 0 atom stereocenters. The van der Waals surface area contributed by atoms with Crippen molar-refractivity contribution in [2.24, 2.45) is 0 Å². The van der Waals surface area contributed by atoms with Gasteiger partial charge >= 0.3 is 58.5 Å². The Morgan fingerprint density at radius 1 is 1.41 bits per heavy atom. The van der Waals surface area contributed by atoms with Crippen LogP contribution in [0.1, 0.15) is 18.4 Å². The van der Waals surface area contributed by atoms with Crippen molar-refractivity contribution in [1.29, 1.82) is 0 Å². The molecule has 118 valence electrons. The predicted octanol–water partition coefficient (Wildman–Crippen LogP) is -1.23. The Labute approximate surface area is 181 Å². The molecule has 0 radical (unpaired) electrons. The van der Waals surface area contributed by atoms with Crippen molar-refractivity contribution in [2.45, 2.75) is 19.8 Å². The molecule has 0 saturated heterocycles. The van der Waals surface area contributed by atoms with Crippen molar-refractivity contribution in [3.05, 3.63) is 47.0 Å². The van der Waals surface area contributed by atoms with Crippen LogP contribution < -0.4 is 62.2 Å². The van der Waals surface area contributed by atoms with E-state index in [0.29, 0.717) is 17.1 Å². The van der Waals surface area contributed by atoms with Crippen LogP contribution in [0.2, 0.25) is 5.02 Å². The summed E-state index contributed by atoms with van der Waals surface area (Å²) < 4.78 is 0. The summed E-state index contributed by atoms with van der Waals surface area (Å²) in [6.45, 7) is 7.01. The first-order valence-corrected chi connectivity index (χ1v) is 7.10. The van der Waals surface area contributed by atoms with Crippen LogP contribution in [0.25, 0.3) is 5.48 Å². The van der Waals surface area contributed by atoms with Gasteiger partial charge in [-0.3, -0.25) is 0 Å². The summed E-state index contributed by atoms with van der Waals surface area (Å²) in [6.07, 6.45) is 3.57. The van der Waals surface area contributed by atoms with Crippen molar-refractivity contribution >= 4 is 24.2 Å². The maximum atomic E-state index is 8.77. The molecule has 5 nitrogen and oxygen atoms in total. The fourth-order valence-electron chi connectivity index (χ4n) is 1.42. The van der Waals surface area contributed by atoms with Crippen molar-refractivity contribution in [3.63, 3.8) is 0 Å². The van der Waals surface area contributed by atoms with Crippen LogP contribution in [0.3, 0.4) is 0 Å². The molecule has 1 aromatic carbocycles. The number of nitrogens with zero attached hydrogens (tertiary/aromatic N) is 1. The second-order valence-corrected chi connectivity index (χ2v) is 4.74. The number of hydroxylamine groups is 1. The van der Waals surface area contributed by atoms with Crippen LogP contribution in [0.5, 0.6) is 0 Å². The average Bonchev–Trinajstić information content (AvgIpc) is 2.43. The Balaban J connectivity index is 0. The van der Waals surface area contributed by atoms with Crippen LogP contribution in [-0.4, -0.2) is 37.4 Å². The van der Waals surface area contributed by atoms with Crippen LogP contribution >= 0.6 is 11.6 Å². The van der Waals surface area contributed by atoms with Gasteiger partial charge in [0.05, 0.1) is 0 Å². The normalized spacial score (nSPS) is 9.14. The van der Waals surface area contributed by atoms with E-state index in [9.17, 15) is 0 Å². The second-order valence-electron chi connectivity index (χ2n) is 4.33. The van der Waals surface area contributed by atoms with E-state index in [4.69, 9.17) is 26.5 Å². The van der Waals surface area contributed by atoms with Gasteiger partial charge < -0.3 is 25.7 Å². The first-order valence-electron chi connectivity index (χ1n) is 6.72. The second kappa shape index (κ2) is 16.4. The van der Waals surface area contributed by atoms with Crippen LogP contribution in [0.15, 0.2) is 31.0 Å². The SMILES string of the molecule is C=C[N-]OCCCCNC.Cc1ccc(B(O)O)c(Cl)c1.[K+]. The number of hydrogen-bond donors (Lipinski definition) is 3. The van der Waals surface area contributed by atoms with Crippen molar-refractivity contribution in [3.8, 4) is 0 Å². The maximum Gasteiger partial charge on any atom is 1.00 e. The van der Waals surface area contributed by atoms with E-state index in [-0.39, 0.29) is 51.4 Å². The van der Waals surface area contributed by atoms with E-state index >= 15 is 0 Å². The smallest absolute Gasteiger partial charge is 0.569 e. The van der Waals surface area contributed by atoms with E-state index in [0.717, 1.165) is 24.9 Å². The monoisotopic (exact) mass is 352 g/mol. The first-order chi connectivity index (χ1) is 10.0. The summed E-state index contributed by atoms with van der Waals surface area (Å²) in [5, 5.41) is 21.0. The molecule has 0 amide bonds. The van der Waals surface area contributed by atoms with Crippen molar-refractivity contribution in [2.75, 3.05) is 20.2 Å². The van der Waals surface area contributed by atoms with Crippen LogP contribution in [-0.2, 0) is 4.84 Å².